The zero-order chi connectivity index (χ0) is 13.0. The minimum atomic E-state index is -0.902. The van der Waals surface area contributed by atoms with Gasteiger partial charge in [0.05, 0.1) is 11.5 Å². The molecule has 0 radical (unpaired) electrons. The van der Waals surface area contributed by atoms with Gasteiger partial charge in [-0.1, -0.05) is 12.1 Å². The Balaban J connectivity index is 2.17. The molecule has 7 nitrogen and oxygen atoms in total. The van der Waals surface area contributed by atoms with Crippen LogP contribution in [0.25, 0.3) is 11.0 Å². The van der Waals surface area contributed by atoms with Gasteiger partial charge in [0.2, 0.25) is 0 Å². The van der Waals surface area contributed by atoms with Crippen molar-refractivity contribution in [2.75, 3.05) is 13.2 Å². The standard InChI is InChI=1S/C11H9NO6/c13-11-7-10(16-5-6-17-12(14)15)8-3-1-2-4-9(8)18-11/h1-4,7H,5-6H2. The maximum absolute atomic E-state index is 11.3. The second kappa shape index (κ2) is 5.17. The molecule has 2 rings (SSSR count). The smallest absolute Gasteiger partial charge is 0.339 e. The molecular weight excluding hydrogens is 242 g/mol. The van der Waals surface area contributed by atoms with Crippen molar-refractivity contribution < 1.29 is 19.1 Å². The summed E-state index contributed by atoms with van der Waals surface area (Å²) in [5, 5.41) is 9.66. The fourth-order valence-electron chi connectivity index (χ4n) is 1.46. The van der Waals surface area contributed by atoms with Crippen LogP contribution in [0.4, 0.5) is 0 Å². The Kier molecular flexibility index (Phi) is 3.42. The predicted molar refractivity (Wildman–Crippen MR) is 60.9 cm³/mol. The van der Waals surface area contributed by atoms with E-state index in [-0.39, 0.29) is 13.2 Å². The lowest BCUT2D eigenvalue weighted by molar-refractivity contribution is -0.757. The molecule has 0 aliphatic heterocycles. The van der Waals surface area contributed by atoms with E-state index in [1.807, 2.05) is 0 Å². The van der Waals surface area contributed by atoms with E-state index in [2.05, 4.69) is 4.84 Å². The molecule has 0 unspecified atom stereocenters. The predicted octanol–water partition coefficient (Wildman–Crippen LogP) is 1.38. The highest BCUT2D eigenvalue weighted by atomic mass is 17.0. The monoisotopic (exact) mass is 251 g/mol. The minimum Gasteiger partial charge on any atom is -0.491 e. The van der Waals surface area contributed by atoms with Gasteiger partial charge < -0.3 is 14.0 Å². The van der Waals surface area contributed by atoms with Crippen LogP contribution in [-0.4, -0.2) is 18.3 Å². The van der Waals surface area contributed by atoms with Crippen LogP contribution in [0.3, 0.4) is 0 Å². The highest BCUT2D eigenvalue weighted by Gasteiger charge is 2.06. The Morgan fingerprint density at radius 1 is 1.28 bits per heavy atom. The highest BCUT2D eigenvalue weighted by Crippen LogP contribution is 2.22. The van der Waals surface area contributed by atoms with Crippen molar-refractivity contribution in [2.24, 2.45) is 0 Å². The van der Waals surface area contributed by atoms with Crippen LogP contribution in [0.2, 0.25) is 0 Å². The van der Waals surface area contributed by atoms with E-state index in [9.17, 15) is 14.9 Å². The maximum atomic E-state index is 11.3. The van der Waals surface area contributed by atoms with Crippen molar-refractivity contribution >= 4 is 11.0 Å². The largest absolute Gasteiger partial charge is 0.491 e. The number of benzene rings is 1. The summed E-state index contributed by atoms with van der Waals surface area (Å²) in [5.74, 6) is 0.314. The van der Waals surface area contributed by atoms with E-state index in [0.29, 0.717) is 16.7 Å². The van der Waals surface area contributed by atoms with E-state index < -0.39 is 10.7 Å². The zero-order valence-corrected chi connectivity index (χ0v) is 9.20. The number of hydrogen-bond acceptors (Lipinski definition) is 6. The van der Waals surface area contributed by atoms with Crippen LogP contribution in [0, 0.1) is 10.1 Å². The molecule has 0 aliphatic rings. The van der Waals surface area contributed by atoms with Gasteiger partial charge in [0.25, 0.3) is 5.09 Å². The topological polar surface area (TPSA) is 91.8 Å². The molecule has 2 aromatic rings. The third-order valence-corrected chi connectivity index (χ3v) is 2.15. The molecule has 0 fully saturated rings. The first-order chi connectivity index (χ1) is 8.66. The molecule has 1 aromatic carbocycles. The maximum Gasteiger partial charge on any atom is 0.339 e. The first-order valence-corrected chi connectivity index (χ1v) is 5.10. The van der Waals surface area contributed by atoms with Crippen molar-refractivity contribution in [1.29, 1.82) is 0 Å². The van der Waals surface area contributed by atoms with Crippen LogP contribution < -0.4 is 10.4 Å². The molecule has 0 saturated heterocycles. The Bertz CT molecular complexity index is 620. The number of fused-ring (bicyclic) bond motifs is 1. The SMILES string of the molecule is O=c1cc(OCCO[N+](=O)[O-])c2ccccc2o1. The van der Waals surface area contributed by atoms with Gasteiger partial charge in [-0.3, -0.25) is 0 Å². The fourth-order valence-corrected chi connectivity index (χ4v) is 1.46. The lowest BCUT2D eigenvalue weighted by atomic mass is 10.2. The van der Waals surface area contributed by atoms with Crippen LogP contribution in [0.15, 0.2) is 39.5 Å². The highest BCUT2D eigenvalue weighted by molar-refractivity contribution is 5.82. The quantitative estimate of drug-likeness (QED) is 0.345. The summed E-state index contributed by atoms with van der Waals surface area (Å²) in [7, 11) is 0. The van der Waals surface area contributed by atoms with Crippen LogP contribution >= 0.6 is 0 Å². The second-order valence-corrected chi connectivity index (χ2v) is 3.33. The molecule has 0 bridgehead atoms. The van der Waals surface area contributed by atoms with Crippen LogP contribution in [0.5, 0.6) is 5.75 Å². The molecule has 18 heavy (non-hydrogen) atoms. The molecule has 7 heteroatoms. The number of para-hydroxylation sites is 1. The van der Waals surface area contributed by atoms with Crippen molar-refractivity contribution in [3.63, 3.8) is 0 Å². The average Bonchev–Trinajstić information content (AvgIpc) is 2.34. The molecule has 94 valence electrons. The lowest BCUT2D eigenvalue weighted by Gasteiger charge is -2.07. The summed E-state index contributed by atoms with van der Waals surface area (Å²) in [6.07, 6.45) is 0. The van der Waals surface area contributed by atoms with E-state index in [4.69, 9.17) is 9.15 Å². The summed E-state index contributed by atoms with van der Waals surface area (Å²) in [4.78, 5) is 25.3. The number of rotatable bonds is 5. The van der Waals surface area contributed by atoms with Gasteiger partial charge >= 0.3 is 5.63 Å². The van der Waals surface area contributed by atoms with E-state index in [1.165, 1.54) is 6.07 Å². The molecule has 0 spiro atoms. The van der Waals surface area contributed by atoms with Gasteiger partial charge in [-0.2, -0.15) is 0 Å². The number of nitrogens with zero attached hydrogens (tertiary/aromatic N) is 1. The van der Waals surface area contributed by atoms with Crippen molar-refractivity contribution in [3.05, 3.63) is 50.9 Å². The minimum absolute atomic E-state index is 0.0333. The van der Waals surface area contributed by atoms with Crippen LogP contribution in [0.1, 0.15) is 0 Å². The third-order valence-electron chi connectivity index (χ3n) is 2.15. The first kappa shape index (κ1) is 11.9. The van der Waals surface area contributed by atoms with E-state index >= 15 is 0 Å². The Labute approximate surface area is 101 Å². The molecule has 1 aromatic heterocycles. The van der Waals surface area contributed by atoms with Gasteiger partial charge in [-0.05, 0) is 12.1 Å². The normalized spacial score (nSPS) is 10.2. The van der Waals surface area contributed by atoms with Crippen molar-refractivity contribution in [3.8, 4) is 5.75 Å². The number of hydrogen-bond donors (Lipinski definition) is 0. The zero-order valence-electron chi connectivity index (χ0n) is 9.20. The molecule has 0 N–H and O–H groups in total. The first-order valence-electron chi connectivity index (χ1n) is 5.10. The van der Waals surface area contributed by atoms with Gasteiger partial charge in [-0.15, -0.1) is 10.1 Å². The summed E-state index contributed by atoms with van der Waals surface area (Å²) in [6.45, 7) is -0.240. The molecule has 0 atom stereocenters. The molecule has 0 aliphatic carbocycles. The molecule has 1 heterocycles. The second-order valence-electron chi connectivity index (χ2n) is 3.33. The Morgan fingerprint density at radius 2 is 2.06 bits per heavy atom. The van der Waals surface area contributed by atoms with Gasteiger partial charge in [0.1, 0.15) is 24.5 Å². The summed E-state index contributed by atoms with van der Waals surface area (Å²) in [5.41, 5.74) is -0.144. The fraction of sp³-hybridized carbons (Fsp3) is 0.182. The Morgan fingerprint density at radius 3 is 2.83 bits per heavy atom. The van der Waals surface area contributed by atoms with E-state index in [1.54, 1.807) is 24.3 Å². The molecule has 0 amide bonds. The van der Waals surface area contributed by atoms with Gasteiger partial charge in [0.15, 0.2) is 0 Å². The van der Waals surface area contributed by atoms with Crippen molar-refractivity contribution in [2.45, 2.75) is 0 Å². The van der Waals surface area contributed by atoms with E-state index in [0.717, 1.165) is 0 Å². The van der Waals surface area contributed by atoms with Gasteiger partial charge in [0, 0.05) is 0 Å². The lowest BCUT2D eigenvalue weighted by Crippen LogP contribution is -2.11. The molecule has 0 saturated carbocycles. The average molecular weight is 251 g/mol. The third kappa shape index (κ3) is 2.76. The summed E-state index contributed by atoms with van der Waals surface area (Å²) < 4.78 is 10.2. The Hall–Kier alpha value is -2.57. The van der Waals surface area contributed by atoms with Gasteiger partial charge in [-0.25, -0.2) is 4.79 Å². The summed E-state index contributed by atoms with van der Waals surface area (Å²) in [6, 6.07) is 8.04. The number of ether oxygens (including phenoxy) is 1. The van der Waals surface area contributed by atoms with Crippen LogP contribution in [-0.2, 0) is 4.84 Å². The molecular formula is C11H9NO6. The van der Waals surface area contributed by atoms with Crippen molar-refractivity contribution in [1.82, 2.24) is 0 Å². The summed E-state index contributed by atoms with van der Waals surface area (Å²) >= 11 is 0.